The van der Waals surface area contributed by atoms with Crippen LogP contribution in [0.15, 0.2) is 54.9 Å². The highest BCUT2D eigenvalue weighted by Gasteiger charge is 2.21. The lowest BCUT2D eigenvalue weighted by Crippen LogP contribution is -2.41. The quantitative estimate of drug-likeness (QED) is 0.625. The molecule has 1 atom stereocenters. The minimum absolute atomic E-state index is 0.154. The number of amides is 1. The molecule has 2 N–H and O–H groups in total. The van der Waals surface area contributed by atoms with Gasteiger partial charge in [-0.3, -0.25) is 4.79 Å². The summed E-state index contributed by atoms with van der Waals surface area (Å²) in [6.45, 7) is 4.09. The van der Waals surface area contributed by atoms with Crippen LogP contribution in [0.2, 0.25) is 0 Å². The summed E-state index contributed by atoms with van der Waals surface area (Å²) in [5.74, 6) is -0.811. The molecule has 28 heavy (non-hydrogen) atoms. The maximum Gasteiger partial charge on any atom is 0.326 e. The van der Waals surface area contributed by atoms with Gasteiger partial charge in [-0.1, -0.05) is 26.0 Å². The second-order valence-electron chi connectivity index (χ2n) is 7.01. The van der Waals surface area contributed by atoms with Gasteiger partial charge in [0.2, 0.25) is 0 Å². The van der Waals surface area contributed by atoms with Crippen molar-refractivity contribution >= 4 is 17.5 Å². The van der Waals surface area contributed by atoms with Gasteiger partial charge in [-0.2, -0.15) is 0 Å². The van der Waals surface area contributed by atoms with E-state index in [-0.39, 0.29) is 12.5 Å². The Morgan fingerprint density at radius 1 is 1.21 bits per heavy atom. The van der Waals surface area contributed by atoms with E-state index in [9.17, 15) is 14.7 Å². The number of rotatable bonds is 8. The predicted octanol–water partition coefficient (Wildman–Crippen LogP) is 3.14. The van der Waals surface area contributed by atoms with E-state index >= 15 is 0 Å². The van der Waals surface area contributed by atoms with Crippen molar-refractivity contribution in [2.75, 3.05) is 0 Å². The Morgan fingerprint density at radius 2 is 2.04 bits per heavy atom. The van der Waals surface area contributed by atoms with Gasteiger partial charge in [-0.05, 0) is 42.7 Å². The molecule has 0 radical (unpaired) electrons. The first-order valence-corrected chi connectivity index (χ1v) is 9.11. The minimum atomic E-state index is -1.04. The molecule has 0 aliphatic carbocycles. The van der Waals surface area contributed by atoms with E-state index in [1.165, 1.54) is 0 Å². The van der Waals surface area contributed by atoms with Gasteiger partial charge in [-0.15, -0.1) is 0 Å². The molecular weight excluding hydrogens is 358 g/mol. The number of carbonyl (C=O) groups is 2. The fraction of sp³-hybridized carbons (Fsp3) is 0.286. The molecule has 7 nitrogen and oxygen atoms in total. The van der Waals surface area contributed by atoms with E-state index in [4.69, 9.17) is 4.74 Å². The van der Waals surface area contributed by atoms with Crippen molar-refractivity contribution in [3.8, 4) is 5.75 Å². The first kappa shape index (κ1) is 19.4. The monoisotopic (exact) mass is 381 g/mol. The van der Waals surface area contributed by atoms with Gasteiger partial charge in [0.1, 0.15) is 24.0 Å². The molecule has 0 fully saturated rings. The largest absolute Gasteiger partial charge is 0.487 e. The van der Waals surface area contributed by atoms with Crippen LogP contribution in [-0.4, -0.2) is 32.4 Å². The highest BCUT2D eigenvalue weighted by molar-refractivity contribution is 5.96. The third-order valence-electron chi connectivity index (χ3n) is 4.21. The van der Waals surface area contributed by atoms with Crippen LogP contribution in [0.3, 0.4) is 0 Å². The molecule has 0 bridgehead atoms. The molecule has 2 heterocycles. The summed E-state index contributed by atoms with van der Waals surface area (Å²) in [6.07, 6.45) is 4.16. The summed E-state index contributed by atoms with van der Waals surface area (Å²) in [6, 6.07) is 11.5. The van der Waals surface area contributed by atoms with Crippen molar-refractivity contribution < 1.29 is 19.4 Å². The topological polar surface area (TPSA) is 92.9 Å². The molecule has 0 aliphatic heterocycles. The number of aromatic nitrogens is 2. The number of carbonyl (C=O) groups excluding carboxylic acids is 1. The average molecular weight is 381 g/mol. The van der Waals surface area contributed by atoms with Crippen molar-refractivity contribution in [1.29, 1.82) is 0 Å². The number of nitrogens with zero attached hydrogens (tertiary/aromatic N) is 2. The second-order valence-corrected chi connectivity index (χ2v) is 7.01. The van der Waals surface area contributed by atoms with E-state index in [0.29, 0.717) is 17.7 Å². The first-order chi connectivity index (χ1) is 13.4. The summed E-state index contributed by atoms with van der Waals surface area (Å²) in [5.41, 5.74) is 1.95. The van der Waals surface area contributed by atoms with Gasteiger partial charge in [-0.25, -0.2) is 9.78 Å². The second kappa shape index (κ2) is 8.56. The maximum atomic E-state index is 12.4. The molecule has 3 aromatic rings. The molecule has 2 aromatic heterocycles. The Bertz CT molecular complexity index is 947. The maximum absolute atomic E-state index is 12.4. The molecule has 1 unspecified atom stereocenters. The third-order valence-corrected chi connectivity index (χ3v) is 4.21. The predicted molar refractivity (Wildman–Crippen MR) is 104 cm³/mol. The van der Waals surface area contributed by atoms with Gasteiger partial charge < -0.3 is 19.6 Å². The number of nitrogens with one attached hydrogen (secondary N) is 1. The summed E-state index contributed by atoms with van der Waals surface area (Å²) in [7, 11) is 0. The molecule has 1 aromatic carbocycles. The smallest absolute Gasteiger partial charge is 0.326 e. The normalized spacial score (nSPS) is 12.1. The summed E-state index contributed by atoms with van der Waals surface area (Å²) < 4.78 is 7.66. The number of hydrogen-bond donors (Lipinski definition) is 2. The number of carboxylic acid groups (broad SMARTS) is 1. The zero-order valence-corrected chi connectivity index (χ0v) is 15.8. The molecule has 0 aliphatic rings. The van der Waals surface area contributed by atoms with Gasteiger partial charge in [0, 0.05) is 18.0 Å². The Balaban J connectivity index is 1.65. The Kier molecular flexibility index (Phi) is 5.93. The van der Waals surface area contributed by atoms with E-state index in [1.54, 1.807) is 24.3 Å². The van der Waals surface area contributed by atoms with Crippen molar-refractivity contribution in [2.45, 2.75) is 32.9 Å². The highest BCUT2D eigenvalue weighted by Crippen LogP contribution is 2.16. The summed E-state index contributed by atoms with van der Waals surface area (Å²) >= 11 is 0. The standard InChI is InChI=1S/C21H23N3O4/c1-14(2)10-18(21(26)27)23-20(25)15-6-5-7-17(11-15)28-13-16-12-24-9-4-3-8-19(24)22-16/h3-9,11-12,14,18H,10,13H2,1-2H3,(H,23,25)(H,26,27). The van der Waals surface area contributed by atoms with E-state index in [1.807, 2.05) is 48.8 Å². The van der Waals surface area contributed by atoms with Crippen molar-refractivity contribution in [3.63, 3.8) is 0 Å². The van der Waals surface area contributed by atoms with Crippen LogP contribution in [-0.2, 0) is 11.4 Å². The van der Waals surface area contributed by atoms with Gasteiger partial charge >= 0.3 is 5.97 Å². The zero-order chi connectivity index (χ0) is 20.1. The number of pyridine rings is 1. The molecule has 146 valence electrons. The van der Waals surface area contributed by atoms with Crippen LogP contribution in [0, 0.1) is 5.92 Å². The molecule has 3 rings (SSSR count). The molecule has 0 saturated heterocycles. The van der Waals surface area contributed by atoms with Crippen LogP contribution in [0.1, 0.15) is 36.3 Å². The number of benzene rings is 1. The van der Waals surface area contributed by atoms with Crippen LogP contribution in [0.5, 0.6) is 5.75 Å². The minimum Gasteiger partial charge on any atom is -0.487 e. The van der Waals surface area contributed by atoms with Crippen molar-refractivity contribution in [2.24, 2.45) is 5.92 Å². The highest BCUT2D eigenvalue weighted by atomic mass is 16.5. The van der Waals surface area contributed by atoms with Crippen LogP contribution in [0.25, 0.3) is 5.65 Å². The Hall–Kier alpha value is -3.35. The first-order valence-electron chi connectivity index (χ1n) is 9.11. The molecule has 0 spiro atoms. The van der Waals surface area contributed by atoms with Crippen LogP contribution in [0.4, 0.5) is 0 Å². The lowest BCUT2D eigenvalue weighted by molar-refractivity contribution is -0.139. The van der Waals surface area contributed by atoms with Crippen molar-refractivity contribution in [1.82, 2.24) is 14.7 Å². The van der Waals surface area contributed by atoms with Gasteiger partial charge in [0.05, 0.1) is 5.69 Å². The fourth-order valence-electron chi connectivity index (χ4n) is 2.88. The molecular formula is C21H23N3O4. The summed E-state index contributed by atoms with van der Waals surface area (Å²) in [5, 5.41) is 11.9. The number of fused-ring (bicyclic) bond motifs is 1. The number of imidazole rings is 1. The average Bonchev–Trinajstić information content (AvgIpc) is 3.08. The lowest BCUT2D eigenvalue weighted by atomic mass is 10.0. The summed E-state index contributed by atoms with van der Waals surface area (Å²) in [4.78, 5) is 28.3. The van der Waals surface area contributed by atoms with Crippen LogP contribution < -0.4 is 10.1 Å². The Morgan fingerprint density at radius 3 is 2.75 bits per heavy atom. The third kappa shape index (κ3) is 4.88. The van der Waals surface area contributed by atoms with E-state index in [2.05, 4.69) is 10.3 Å². The molecule has 0 saturated carbocycles. The number of ether oxygens (including phenoxy) is 1. The van der Waals surface area contributed by atoms with Gasteiger partial charge in [0.15, 0.2) is 0 Å². The fourth-order valence-corrected chi connectivity index (χ4v) is 2.88. The van der Waals surface area contributed by atoms with E-state index < -0.39 is 17.9 Å². The Labute approximate surface area is 163 Å². The van der Waals surface area contributed by atoms with Crippen LogP contribution >= 0.6 is 0 Å². The zero-order valence-electron chi connectivity index (χ0n) is 15.8. The van der Waals surface area contributed by atoms with Crippen molar-refractivity contribution in [3.05, 3.63) is 66.1 Å². The molecule has 7 heteroatoms. The number of aliphatic carboxylic acids is 1. The number of carboxylic acids is 1. The van der Waals surface area contributed by atoms with E-state index in [0.717, 1.165) is 11.3 Å². The lowest BCUT2D eigenvalue weighted by Gasteiger charge is -2.16. The number of hydrogen-bond acceptors (Lipinski definition) is 4. The van der Waals surface area contributed by atoms with Gasteiger partial charge in [0.25, 0.3) is 5.91 Å². The molecule has 1 amide bonds. The SMILES string of the molecule is CC(C)CC(NC(=O)c1cccc(OCc2cn3ccccc3n2)c1)C(=O)O.